The third-order valence-electron chi connectivity index (χ3n) is 7.50. The number of carbonyl (C=O) groups excluding carboxylic acids is 3. The van der Waals surface area contributed by atoms with E-state index in [4.69, 9.17) is 4.84 Å². The molecule has 4 rings (SSSR count). The monoisotopic (exact) mass is 497 g/mol. The molecule has 0 spiro atoms. The average molecular weight is 498 g/mol. The number of hydrogen-bond donors (Lipinski definition) is 1. The largest absolute Gasteiger partial charge is 0.356 e. The maximum atomic E-state index is 12.6. The highest BCUT2D eigenvalue weighted by Crippen LogP contribution is 2.31. The number of hydrogen-bond acceptors (Lipinski definition) is 7. The third-order valence-corrected chi connectivity index (χ3v) is 7.50. The number of pyridine rings is 1. The number of likely N-dealkylation sites (tertiary alicyclic amines) is 2. The molecule has 1 atom stereocenters. The summed E-state index contributed by atoms with van der Waals surface area (Å²) in [6, 6.07) is 4.69. The van der Waals surface area contributed by atoms with Crippen LogP contribution in [0.25, 0.3) is 0 Å². The van der Waals surface area contributed by atoms with E-state index in [1.54, 1.807) is 0 Å². The molecule has 0 aliphatic carbocycles. The van der Waals surface area contributed by atoms with Crippen molar-refractivity contribution in [1.29, 1.82) is 0 Å². The topological polar surface area (TPSA) is 95.1 Å². The first kappa shape index (κ1) is 26.3. The Morgan fingerprint density at radius 1 is 1.11 bits per heavy atom. The van der Waals surface area contributed by atoms with E-state index in [0.29, 0.717) is 44.2 Å². The van der Waals surface area contributed by atoms with Crippen molar-refractivity contribution in [3.05, 3.63) is 42.4 Å². The van der Waals surface area contributed by atoms with Crippen molar-refractivity contribution in [1.82, 2.24) is 25.2 Å². The number of allylic oxidation sites excluding steroid dienone is 1. The maximum Gasteiger partial charge on any atom is 0.346 e. The van der Waals surface area contributed by atoms with Gasteiger partial charge in [-0.2, -0.15) is 0 Å². The highest BCUT2D eigenvalue weighted by molar-refractivity contribution is 5.82. The normalized spacial score (nSPS) is 21.8. The van der Waals surface area contributed by atoms with E-state index in [1.807, 2.05) is 23.4 Å². The molecule has 0 aromatic carbocycles. The summed E-state index contributed by atoms with van der Waals surface area (Å²) in [5, 5.41) is 4.12. The van der Waals surface area contributed by atoms with Crippen LogP contribution in [0.15, 0.2) is 36.8 Å². The Labute approximate surface area is 213 Å². The first-order chi connectivity index (χ1) is 17.5. The van der Waals surface area contributed by atoms with Gasteiger partial charge in [0.2, 0.25) is 5.91 Å². The Kier molecular flexibility index (Phi) is 9.47. The number of nitrogens with zero attached hydrogens (tertiary/aromatic N) is 4. The predicted molar refractivity (Wildman–Crippen MR) is 135 cm³/mol. The number of carbonyl (C=O) groups is 3. The molecule has 0 radical (unpaired) electrons. The average Bonchev–Trinajstić information content (AvgIpc) is 3.49. The van der Waals surface area contributed by atoms with Crippen molar-refractivity contribution in [3.8, 4) is 0 Å². The fourth-order valence-electron chi connectivity index (χ4n) is 5.43. The molecule has 3 aliphatic heterocycles. The Morgan fingerprint density at radius 2 is 1.94 bits per heavy atom. The molecule has 9 heteroatoms. The number of hydroxylamine groups is 2. The van der Waals surface area contributed by atoms with Crippen LogP contribution in [0.4, 0.5) is 0 Å². The standard InChI is InChI=1S/C27H39N5O4/c1-21-9-10-25(33)32(21)36-26(34)20-30-17-11-22(12-18-30)27(35)29-14-3-2-4-15-31-16-6-8-24(31)23-7-5-13-28-19-23/h5,7,13,19,22,24H,1-4,6,8-12,14-18,20H2,(H,29,35)/t24-/m0/s1. The van der Waals surface area contributed by atoms with Crippen LogP contribution in [0.3, 0.4) is 0 Å². The molecule has 9 nitrogen and oxygen atoms in total. The summed E-state index contributed by atoms with van der Waals surface area (Å²) in [5.41, 5.74) is 1.84. The van der Waals surface area contributed by atoms with Crippen molar-refractivity contribution in [2.24, 2.45) is 5.92 Å². The zero-order valence-corrected chi connectivity index (χ0v) is 21.2. The van der Waals surface area contributed by atoms with Gasteiger partial charge in [0, 0.05) is 37.3 Å². The van der Waals surface area contributed by atoms with Gasteiger partial charge < -0.3 is 10.2 Å². The molecule has 3 aliphatic rings. The van der Waals surface area contributed by atoms with Crippen LogP contribution >= 0.6 is 0 Å². The van der Waals surface area contributed by atoms with Gasteiger partial charge in [0.1, 0.15) is 0 Å². The molecule has 2 amide bonds. The molecule has 1 N–H and O–H groups in total. The van der Waals surface area contributed by atoms with Gasteiger partial charge in [-0.05, 0) is 82.8 Å². The van der Waals surface area contributed by atoms with Gasteiger partial charge in [-0.15, -0.1) is 5.06 Å². The minimum atomic E-state index is -0.463. The molecular formula is C27H39N5O4. The van der Waals surface area contributed by atoms with Crippen molar-refractivity contribution in [2.45, 2.75) is 63.8 Å². The quantitative estimate of drug-likeness (QED) is 0.470. The van der Waals surface area contributed by atoms with E-state index in [9.17, 15) is 14.4 Å². The van der Waals surface area contributed by atoms with E-state index >= 15 is 0 Å². The van der Waals surface area contributed by atoms with Gasteiger partial charge in [0.15, 0.2) is 0 Å². The first-order valence-electron chi connectivity index (χ1n) is 13.4. The molecule has 0 unspecified atom stereocenters. The molecule has 3 fully saturated rings. The van der Waals surface area contributed by atoms with Crippen LogP contribution in [-0.4, -0.2) is 76.9 Å². The molecule has 196 valence electrons. The fourth-order valence-corrected chi connectivity index (χ4v) is 5.43. The van der Waals surface area contributed by atoms with E-state index in [2.05, 4.69) is 27.8 Å². The van der Waals surface area contributed by atoms with Gasteiger partial charge in [-0.3, -0.25) is 24.4 Å². The summed E-state index contributed by atoms with van der Waals surface area (Å²) >= 11 is 0. The molecule has 3 saturated heterocycles. The second kappa shape index (κ2) is 13.0. The van der Waals surface area contributed by atoms with Crippen molar-refractivity contribution >= 4 is 17.8 Å². The van der Waals surface area contributed by atoms with Gasteiger partial charge in [0.25, 0.3) is 5.91 Å². The summed E-state index contributed by atoms with van der Waals surface area (Å²) in [6.07, 6.45) is 11.8. The Morgan fingerprint density at radius 3 is 2.67 bits per heavy atom. The summed E-state index contributed by atoms with van der Waals surface area (Å²) in [6.45, 7) is 8.15. The molecule has 0 saturated carbocycles. The molecule has 36 heavy (non-hydrogen) atoms. The summed E-state index contributed by atoms with van der Waals surface area (Å²) < 4.78 is 0. The lowest BCUT2D eigenvalue weighted by Crippen LogP contribution is -2.43. The Hall–Kier alpha value is -2.78. The molecule has 1 aromatic rings. The van der Waals surface area contributed by atoms with E-state index < -0.39 is 5.97 Å². The van der Waals surface area contributed by atoms with Crippen molar-refractivity contribution < 1.29 is 19.2 Å². The van der Waals surface area contributed by atoms with Gasteiger partial charge in [-0.25, -0.2) is 4.79 Å². The minimum Gasteiger partial charge on any atom is -0.356 e. The number of unbranched alkanes of at least 4 members (excludes halogenated alkanes) is 2. The second-order valence-electron chi connectivity index (χ2n) is 10.1. The summed E-state index contributed by atoms with van der Waals surface area (Å²) in [7, 11) is 0. The lowest BCUT2D eigenvalue weighted by Gasteiger charge is -2.30. The maximum absolute atomic E-state index is 12.6. The zero-order valence-electron chi connectivity index (χ0n) is 21.2. The van der Waals surface area contributed by atoms with Crippen LogP contribution in [0.5, 0.6) is 0 Å². The van der Waals surface area contributed by atoms with Crippen LogP contribution < -0.4 is 5.32 Å². The molecular weight excluding hydrogens is 458 g/mol. The SMILES string of the molecule is C=C1CCC(=O)N1OC(=O)CN1CCC(C(=O)NCCCCCN2CCC[C@H]2c2cccnc2)CC1. The first-order valence-corrected chi connectivity index (χ1v) is 13.4. The lowest BCUT2D eigenvalue weighted by molar-refractivity contribution is -0.187. The summed E-state index contributed by atoms with van der Waals surface area (Å²) in [5.74, 6) is -0.585. The van der Waals surface area contributed by atoms with Crippen molar-refractivity contribution in [3.63, 3.8) is 0 Å². The highest BCUT2D eigenvalue weighted by Gasteiger charge is 2.30. The number of amides is 2. The fraction of sp³-hybridized carbons (Fsp3) is 0.630. The van der Waals surface area contributed by atoms with Crippen LogP contribution in [0.2, 0.25) is 0 Å². The Balaban J connectivity index is 1.05. The van der Waals surface area contributed by atoms with Gasteiger partial charge in [-0.1, -0.05) is 19.1 Å². The summed E-state index contributed by atoms with van der Waals surface area (Å²) in [4.78, 5) is 50.5. The number of piperidine rings is 1. The van der Waals surface area contributed by atoms with Gasteiger partial charge in [0.05, 0.1) is 12.2 Å². The minimum absolute atomic E-state index is 0.0120. The number of nitrogens with one attached hydrogen (secondary N) is 1. The highest BCUT2D eigenvalue weighted by atomic mass is 16.7. The van der Waals surface area contributed by atoms with Gasteiger partial charge >= 0.3 is 5.97 Å². The van der Waals surface area contributed by atoms with Crippen LogP contribution in [-0.2, 0) is 19.2 Å². The number of rotatable bonds is 11. The van der Waals surface area contributed by atoms with E-state index in [1.165, 1.54) is 18.4 Å². The smallest absolute Gasteiger partial charge is 0.346 e. The lowest BCUT2D eigenvalue weighted by atomic mass is 9.96. The Bertz CT molecular complexity index is 900. The zero-order chi connectivity index (χ0) is 25.3. The molecule has 4 heterocycles. The van der Waals surface area contributed by atoms with E-state index in [0.717, 1.165) is 50.3 Å². The third kappa shape index (κ3) is 7.13. The van der Waals surface area contributed by atoms with Crippen LogP contribution in [0.1, 0.15) is 69.4 Å². The number of aromatic nitrogens is 1. The predicted octanol–water partition coefficient (Wildman–Crippen LogP) is 2.81. The van der Waals surface area contributed by atoms with Crippen LogP contribution in [0, 0.1) is 5.92 Å². The van der Waals surface area contributed by atoms with E-state index in [-0.39, 0.29) is 24.3 Å². The second-order valence-corrected chi connectivity index (χ2v) is 10.1. The molecule has 0 bridgehead atoms. The van der Waals surface area contributed by atoms with Crippen molar-refractivity contribution in [2.75, 3.05) is 39.3 Å². The molecule has 1 aromatic heterocycles.